The Kier molecular flexibility index (Phi) is 4.84. The van der Waals surface area contributed by atoms with Crippen molar-refractivity contribution < 1.29 is 27.8 Å². The van der Waals surface area contributed by atoms with E-state index in [0.29, 0.717) is 25.5 Å². The summed E-state index contributed by atoms with van der Waals surface area (Å²) in [5, 5.41) is 9.92. The predicted molar refractivity (Wildman–Crippen MR) is 67.8 cm³/mol. The summed E-state index contributed by atoms with van der Waals surface area (Å²) >= 11 is 0. The standard InChI is InChI=1S/C14H16F3NO3/c1-21-14(20)13-12(19)3-2-4-18(13)7-8-5-10(16)11(17)6-9(8)15/h5-6,12-13,19H,2-4,7H2,1H3/t12-,13-/m1/s1. The Hall–Kier alpha value is -1.60. The second-order valence-corrected chi connectivity index (χ2v) is 5.01. The molecule has 116 valence electrons. The van der Waals surface area contributed by atoms with Crippen molar-refractivity contribution in [2.45, 2.75) is 31.5 Å². The highest BCUT2D eigenvalue weighted by atomic mass is 19.2. The van der Waals surface area contributed by atoms with Crippen molar-refractivity contribution >= 4 is 5.97 Å². The monoisotopic (exact) mass is 303 g/mol. The van der Waals surface area contributed by atoms with Gasteiger partial charge in [0.2, 0.25) is 0 Å². The van der Waals surface area contributed by atoms with Crippen LogP contribution in [0.25, 0.3) is 0 Å². The average Bonchev–Trinajstić information content (AvgIpc) is 2.44. The molecule has 1 heterocycles. The van der Waals surface area contributed by atoms with Crippen LogP contribution in [-0.2, 0) is 16.1 Å². The number of rotatable bonds is 3. The number of carbonyl (C=O) groups excluding carboxylic acids is 1. The van der Waals surface area contributed by atoms with Crippen LogP contribution in [0.4, 0.5) is 13.2 Å². The molecule has 0 aliphatic carbocycles. The molecular formula is C14H16F3NO3. The lowest BCUT2D eigenvalue weighted by atomic mass is 9.98. The zero-order chi connectivity index (χ0) is 15.6. The van der Waals surface area contributed by atoms with E-state index >= 15 is 0 Å². The van der Waals surface area contributed by atoms with Gasteiger partial charge in [-0.1, -0.05) is 0 Å². The van der Waals surface area contributed by atoms with E-state index in [2.05, 4.69) is 4.74 Å². The zero-order valence-corrected chi connectivity index (χ0v) is 11.5. The van der Waals surface area contributed by atoms with Crippen LogP contribution in [0.2, 0.25) is 0 Å². The summed E-state index contributed by atoms with van der Waals surface area (Å²) in [6.45, 7) is 0.315. The van der Waals surface area contributed by atoms with Gasteiger partial charge in [0, 0.05) is 18.2 Å². The molecule has 1 aromatic carbocycles. The third-order valence-electron chi connectivity index (χ3n) is 3.61. The maximum Gasteiger partial charge on any atom is 0.325 e. The van der Waals surface area contributed by atoms with Crippen molar-refractivity contribution in [2.75, 3.05) is 13.7 Å². The van der Waals surface area contributed by atoms with E-state index in [-0.39, 0.29) is 12.1 Å². The van der Waals surface area contributed by atoms with Crippen LogP contribution in [-0.4, -0.2) is 41.8 Å². The number of esters is 1. The lowest BCUT2D eigenvalue weighted by molar-refractivity contribution is -0.154. The minimum atomic E-state index is -1.26. The topological polar surface area (TPSA) is 49.8 Å². The van der Waals surface area contributed by atoms with Gasteiger partial charge in [-0.05, 0) is 25.5 Å². The van der Waals surface area contributed by atoms with Crippen LogP contribution >= 0.6 is 0 Å². The molecule has 4 nitrogen and oxygen atoms in total. The number of likely N-dealkylation sites (tertiary alicyclic amines) is 1. The third-order valence-corrected chi connectivity index (χ3v) is 3.61. The Balaban J connectivity index is 2.24. The van der Waals surface area contributed by atoms with Crippen LogP contribution in [0.3, 0.4) is 0 Å². The molecule has 2 atom stereocenters. The highest BCUT2D eigenvalue weighted by Gasteiger charge is 2.36. The minimum absolute atomic E-state index is 0.0723. The first-order chi connectivity index (χ1) is 9.93. The Bertz CT molecular complexity index is 538. The summed E-state index contributed by atoms with van der Waals surface area (Å²) in [7, 11) is 1.19. The summed E-state index contributed by atoms with van der Waals surface area (Å²) in [5.74, 6) is -3.94. The van der Waals surface area contributed by atoms with Gasteiger partial charge in [0.15, 0.2) is 11.6 Å². The molecule has 1 N–H and O–H groups in total. The lowest BCUT2D eigenvalue weighted by Gasteiger charge is -2.37. The van der Waals surface area contributed by atoms with Crippen LogP contribution in [0.1, 0.15) is 18.4 Å². The molecule has 0 bridgehead atoms. The number of hydrogen-bond acceptors (Lipinski definition) is 4. The van der Waals surface area contributed by atoms with E-state index in [1.165, 1.54) is 12.0 Å². The van der Waals surface area contributed by atoms with E-state index in [4.69, 9.17) is 0 Å². The number of nitrogens with zero attached hydrogens (tertiary/aromatic N) is 1. The molecular weight excluding hydrogens is 287 g/mol. The molecule has 1 aromatic rings. The molecule has 2 rings (SSSR count). The predicted octanol–water partition coefficient (Wildman–Crippen LogP) is 1.60. The summed E-state index contributed by atoms with van der Waals surface area (Å²) < 4.78 is 44.4. The number of ether oxygens (including phenoxy) is 1. The molecule has 1 aliphatic heterocycles. The van der Waals surface area contributed by atoms with E-state index in [1.807, 2.05) is 0 Å². The fourth-order valence-electron chi connectivity index (χ4n) is 2.55. The van der Waals surface area contributed by atoms with Gasteiger partial charge < -0.3 is 9.84 Å². The van der Waals surface area contributed by atoms with Crippen LogP contribution < -0.4 is 0 Å². The van der Waals surface area contributed by atoms with E-state index < -0.39 is 35.6 Å². The van der Waals surface area contributed by atoms with Crippen molar-refractivity contribution in [1.29, 1.82) is 0 Å². The molecule has 0 amide bonds. The summed E-state index contributed by atoms with van der Waals surface area (Å²) in [6.07, 6.45) is 0.107. The normalized spacial score (nSPS) is 23.1. The van der Waals surface area contributed by atoms with Crippen molar-refractivity contribution in [3.05, 3.63) is 35.1 Å². The van der Waals surface area contributed by atoms with Gasteiger partial charge in [0.25, 0.3) is 0 Å². The van der Waals surface area contributed by atoms with Gasteiger partial charge in [-0.3, -0.25) is 9.69 Å². The molecule has 1 aliphatic rings. The van der Waals surface area contributed by atoms with Gasteiger partial charge in [-0.2, -0.15) is 0 Å². The number of piperidine rings is 1. The van der Waals surface area contributed by atoms with Crippen molar-refractivity contribution in [1.82, 2.24) is 4.90 Å². The fraction of sp³-hybridized carbons (Fsp3) is 0.500. The van der Waals surface area contributed by atoms with Gasteiger partial charge in [0.05, 0.1) is 13.2 Å². The van der Waals surface area contributed by atoms with Gasteiger partial charge in [0.1, 0.15) is 11.9 Å². The Labute approximate surface area is 120 Å². The first-order valence-corrected chi connectivity index (χ1v) is 6.57. The number of carbonyl (C=O) groups is 1. The molecule has 0 spiro atoms. The van der Waals surface area contributed by atoms with Gasteiger partial charge in [-0.25, -0.2) is 13.2 Å². The van der Waals surface area contributed by atoms with Crippen molar-refractivity contribution in [2.24, 2.45) is 0 Å². The average molecular weight is 303 g/mol. The molecule has 0 aromatic heterocycles. The number of halogens is 3. The van der Waals surface area contributed by atoms with Crippen molar-refractivity contribution in [3.8, 4) is 0 Å². The highest BCUT2D eigenvalue weighted by Crippen LogP contribution is 2.23. The Morgan fingerprint density at radius 1 is 1.33 bits per heavy atom. The minimum Gasteiger partial charge on any atom is -0.468 e. The first kappa shape index (κ1) is 15.8. The Morgan fingerprint density at radius 3 is 2.67 bits per heavy atom. The van der Waals surface area contributed by atoms with Crippen LogP contribution in [0.15, 0.2) is 12.1 Å². The molecule has 0 saturated carbocycles. The third kappa shape index (κ3) is 3.36. The first-order valence-electron chi connectivity index (χ1n) is 6.57. The zero-order valence-electron chi connectivity index (χ0n) is 11.5. The number of aliphatic hydroxyl groups is 1. The van der Waals surface area contributed by atoms with Crippen LogP contribution in [0, 0.1) is 17.5 Å². The lowest BCUT2D eigenvalue weighted by Crippen LogP contribution is -2.52. The molecule has 1 fully saturated rings. The van der Waals surface area contributed by atoms with E-state index in [0.717, 1.165) is 6.07 Å². The number of hydrogen-bond donors (Lipinski definition) is 1. The molecule has 7 heteroatoms. The SMILES string of the molecule is COC(=O)[C@H]1[C@H](O)CCCN1Cc1cc(F)c(F)cc1F. The van der Waals surface area contributed by atoms with Gasteiger partial charge >= 0.3 is 5.97 Å². The second kappa shape index (κ2) is 6.44. The largest absolute Gasteiger partial charge is 0.468 e. The smallest absolute Gasteiger partial charge is 0.325 e. The quantitative estimate of drug-likeness (QED) is 0.681. The molecule has 1 saturated heterocycles. The summed E-state index contributed by atoms with van der Waals surface area (Å²) in [5.41, 5.74) is -0.0723. The molecule has 0 radical (unpaired) electrons. The number of aliphatic hydroxyl groups excluding tert-OH is 1. The maximum atomic E-state index is 13.7. The number of benzene rings is 1. The second-order valence-electron chi connectivity index (χ2n) is 5.01. The van der Waals surface area contributed by atoms with Crippen molar-refractivity contribution in [3.63, 3.8) is 0 Å². The fourth-order valence-corrected chi connectivity index (χ4v) is 2.55. The Morgan fingerprint density at radius 2 is 2.00 bits per heavy atom. The van der Waals surface area contributed by atoms with Gasteiger partial charge in [-0.15, -0.1) is 0 Å². The molecule has 0 unspecified atom stereocenters. The number of methoxy groups -OCH3 is 1. The van der Waals surface area contributed by atoms with E-state index in [1.54, 1.807) is 0 Å². The summed E-state index contributed by atoms with van der Waals surface area (Å²) in [4.78, 5) is 13.2. The maximum absolute atomic E-state index is 13.7. The highest BCUT2D eigenvalue weighted by molar-refractivity contribution is 5.76. The molecule has 21 heavy (non-hydrogen) atoms. The summed E-state index contributed by atoms with van der Waals surface area (Å²) in [6, 6.07) is 0.300. The van der Waals surface area contributed by atoms with E-state index in [9.17, 15) is 23.1 Å². The van der Waals surface area contributed by atoms with Crippen LogP contribution in [0.5, 0.6) is 0 Å².